The number of rotatable bonds is 8. The predicted octanol–water partition coefficient (Wildman–Crippen LogP) is 2.67. The van der Waals surface area contributed by atoms with Gasteiger partial charge in [0.25, 0.3) is 0 Å². The average Bonchev–Trinajstić information content (AvgIpc) is 2.14. The Labute approximate surface area is 87.1 Å². The highest BCUT2D eigenvalue weighted by Gasteiger charge is 2.01. The maximum absolute atomic E-state index is 10.1. The zero-order valence-electron chi connectivity index (χ0n) is 9.31. The van der Waals surface area contributed by atoms with Gasteiger partial charge in [0.05, 0.1) is 0 Å². The lowest BCUT2D eigenvalue weighted by atomic mass is 10.0. The van der Waals surface area contributed by atoms with Crippen LogP contribution in [-0.4, -0.2) is 12.8 Å². The Morgan fingerprint density at radius 3 is 2.64 bits per heavy atom. The summed E-state index contributed by atoms with van der Waals surface area (Å²) in [7, 11) is 0. The van der Waals surface area contributed by atoms with Crippen LogP contribution in [0.5, 0.6) is 0 Å². The van der Waals surface area contributed by atoms with Crippen LogP contribution in [0.4, 0.5) is 0 Å². The van der Waals surface area contributed by atoms with Crippen LogP contribution in [-0.2, 0) is 4.79 Å². The largest absolute Gasteiger partial charge is 0.389 e. The van der Waals surface area contributed by atoms with E-state index in [-0.39, 0.29) is 0 Å². The summed E-state index contributed by atoms with van der Waals surface area (Å²) in [6.07, 6.45) is 3.28. The smallest absolute Gasteiger partial charge is 0.120 e. The third-order valence-corrected chi connectivity index (χ3v) is 2.36. The van der Waals surface area contributed by atoms with Gasteiger partial charge in [-0.2, -0.15) is 0 Å². The van der Waals surface area contributed by atoms with Gasteiger partial charge >= 0.3 is 0 Å². The van der Waals surface area contributed by atoms with Crippen molar-refractivity contribution in [1.82, 2.24) is 5.32 Å². The van der Waals surface area contributed by atoms with Crippen molar-refractivity contribution in [1.29, 1.82) is 0 Å². The SMILES string of the molecule is C=C(CCC=O)NCCC(C)C(=C)C. The fraction of sp³-hybridized carbons (Fsp3) is 0.583. The molecule has 0 bridgehead atoms. The third-order valence-electron chi connectivity index (χ3n) is 2.36. The molecule has 0 aliphatic heterocycles. The van der Waals surface area contributed by atoms with Crippen molar-refractivity contribution in [3.05, 3.63) is 24.4 Å². The highest BCUT2D eigenvalue weighted by molar-refractivity contribution is 5.49. The van der Waals surface area contributed by atoms with Gasteiger partial charge in [-0.05, 0) is 25.7 Å². The van der Waals surface area contributed by atoms with Crippen molar-refractivity contribution >= 4 is 6.29 Å². The second kappa shape index (κ2) is 7.36. The standard InChI is InChI=1S/C12H21NO/c1-10(2)11(3)7-8-13-12(4)6-5-9-14/h9,11,13H,1,4-8H2,2-3H3. The summed E-state index contributed by atoms with van der Waals surface area (Å²) in [5.41, 5.74) is 2.16. The van der Waals surface area contributed by atoms with E-state index in [1.54, 1.807) is 0 Å². The second-order valence-electron chi connectivity index (χ2n) is 3.77. The summed E-state index contributed by atoms with van der Waals surface area (Å²) in [4.78, 5) is 10.1. The van der Waals surface area contributed by atoms with Gasteiger partial charge in [0.1, 0.15) is 6.29 Å². The van der Waals surface area contributed by atoms with Crippen LogP contribution in [0, 0.1) is 5.92 Å². The van der Waals surface area contributed by atoms with Crippen LogP contribution < -0.4 is 5.32 Å². The van der Waals surface area contributed by atoms with Gasteiger partial charge in [-0.3, -0.25) is 0 Å². The number of hydrogen-bond acceptors (Lipinski definition) is 2. The minimum atomic E-state index is 0.543. The zero-order valence-corrected chi connectivity index (χ0v) is 9.31. The first kappa shape index (κ1) is 12.9. The van der Waals surface area contributed by atoms with Gasteiger partial charge in [0, 0.05) is 18.7 Å². The van der Waals surface area contributed by atoms with Crippen molar-refractivity contribution in [2.45, 2.75) is 33.1 Å². The summed E-state index contributed by atoms with van der Waals surface area (Å²) >= 11 is 0. The fourth-order valence-electron chi connectivity index (χ4n) is 1.03. The van der Waals surface area contributed by atoms with E-state index in [4.69, 9.17) is 0 Å². The second-order valence-corrected chi connectivity index (χ2v) is 3.77. The Morgan fingerprint density at radius 1 is 1.50 bits per heavy atom. The fourth-order valence-corrected chi connectivity index (χ4v) is 1.03. The van der Waals surface area contributed by atoms with E-state index >= 15 is 0 Å². The van der Waals surface area contributed by atoms with E-state index in [2.05, 4.69) is 25.4 Å². The van der Waals surface area contributed by atoms with Gasteiger partial charge in [-0.1, -0.05) is 25.7 Å². The minimum absolute atomic E-state index is 0.543. The Hall–Kier alpha value is -1.05. The summed E-state index contributed by atoms with van der Waals surface area (Å²) in [6.45, 7) is 12.9. The number of allylic oxidation sites excluding steroid dienone is 2. The first-order valence-corrected chi connectivity index (χ1v) is 5.08. The number of aldehydes is 1. The van der Waals surface area contributed by atoms with Crippen molar-refractivity contribution in [3.63, 3.8) is 0 Å². The van der Waals surface area contributed by atoms with Crippen LogP contribution in [0.3, 0.4) is 0 Å². The van der Waals surface area contributed by atoms with E-state index in [0.29, 0.717) is 12.3 Å². The Bertz CT molecular complexity index is 208. The minimum Gasteiger partial charge on any atom is -0.389 e. The lowest BCUT2D eigenvalue weighted by molar-refractivity contribution is -0.107. The average molecular weight is 195 g/mol. The normalized spacial score (nSPS) is 11.9. The van der Waals surface area contributed by atoms with E-state index in [0.717, 1.165) is 31.4 Å². The lowest BCUT2D eigenvalue weighted by Gasteiger charge is -2.13. The molecule has 0 heterocycles. The molecule has 0 rings (SSSR count). The number of hydrogen-bond donors (Lipinski definition) is 1. The van der Waals surface area contributed by atoms with Crippen molar-refractivity contribution < 1.29 is 4.79 Å². The van der Waals surface area contributed by atoms with Crippen LogP contribution >= 0.6 is 0 Å². The maximum atomic E-state index is 10.1. The van der Waals surface area contributed by atoms with Gasteiger partial charge in [0.2, 0.25) is 0 Å². The molecule has 14 heavy (non-hydrogen) atoms. The van der Waals surface area contributed by atoms with Gasteiger partial charge in [-0.25, -0.2) is 0 Å². The summed E-state index contributed by atoms with van der Waals surface area (Å²) in [6, 6.07) is 0. The molecule has 0 aromatic rings. The van der Waals surface area contributed by atoms with E-state index < -0.39 is 0 Å². The van der Waals surface area contributed by atoms with Gasteiger partial charge < -0.3 is 10.1 Å². The quantitative estimate of drug-likeness (QED) is 0.476. The third kappa shape index (κ3) is 6.46. The van der Waals surface area contributed by atoms with E-state index in [9.17, 15) is 4.79 Å². The summed E-state index contributed by atoms with van der Waals surface area (Å²) in [5.74, 6) is 0.543. The molecule has 0 radical (unpaired) electrons. The molecular weight excluding hydrogens is 174 g/mol. The molecule has 0 aliphatic carbocycles. The zero-order chi connectivity index (χ0) is 11.0. The Kier molecular flexibility index (Phi) is 6.81. The van der Waals surface area contributed by atoms with Crippen LogP contribution in [0.1, 0.15) is 33.1 Å². The first-order valence-electron chi connectivity index (χ1n) is 5.08. The highest BCUT2D eigenvalue weighted by Crippen LogP contribution is 2.10. The first-order chi connectivity index (χ1) is 6.57. The molecule has 80 valence electrons. The molecule has 0 aliphatic rings. The van der Waals surface area contributed by atoms with Crippen molar-refractivity contribution in [2.24, 2.45) is 5.92 Å². The molecule has 1 N–H and O–H groups in total. The van der Waals surface area contributed by atoms with Crippen molar-refractivity contribution in [2.75, 3.05) is 6.54 Å². The number of nitrogens with one attached hydrogen (secondary N) is 1. The topological polar surface area (TPSA) is 29.1 Å². The van der Waals surface area contributed by atoms with Gasteiger partial charge in [-0.15, -0.1) is 0 Å². The molecule has 0 saturated carbocycles. The predicted molar refractivity (Wildman–Crippen MR) is 61.0 cm³/mol. The van der Waals surface area contributed by atoms with E-state index in [1.807, 2.05) is 6.92 Å². The molecular formula is C12H21NO. The molecule has 0 aromatic carbocycles. The molecule has 0 amide bonds. The molecule has 2 nitrogen and oxygen atoms in total. The van der Waals surface area contributed by atoms with Crippen LogP contribution in [0.15, 0.2) is 24.4 Å². The summed E-state index contributed by atoms with van der Waals surface area (Å²) in [5, 5.41) is 3.21. The molecule has 0 saturated heterocycles. The monoisotopic (exact) mass is 195 g/mol. The molecule has 0 fully saturated rings. The summed E-state index contributed by atoms with van der Waals surface area (Å²) < 4.78 is 0. The number of carbonyl (C=O) groups excluding carboxylic acids is 1. The Balaban J connectivity index is 3.48. The maximum Gasteiger partial charge on any atom is 0.120 e. The van der Waals surface area contributed by atoms with Crippen LogP contribution in [0.25, 0.3) is 0 Å². The van der Waals surface area contributed by atoms with Gasteiger partial charge in [0.15, 0.2) is 0 Å². The van der Waals surface area contributed by atoms with Crippen molar-refractivity contribution in [3.8, 4) is 0 Å². The highest BCUT2D eigenvalue weighted by atomic mass is 16.1. The Morgan fingerprint density at radius 2 is 2.14 bits per heavy atom. The molecule has 2 heteroatoms. The molecule has 1 unspecified atom stereocenters. The molecule has 1 atom stereocenters. The molecule has 0 aromatic heterocycles. The van der Waals surface area contributed by atoms with E-state index in [1.165, 1.54) is 5.57 Å². The van der Waals surface area contributed by atoms with Crippen LogP contribution in [0.2, 0.25) is 0 Å². The lowest BCUT2D eigenvalue weighted by Crippen LogP contribution is -2.16. The number of carbonyl (C=O) groups is 1. The molecule has 0 spiro atoms.